The summed E-state index contributed by atoms with van der Waals surface area (Å²) in [6.45, 7) is 8.91. The molecule has 2 unspecified atom stereocenters. The van der Waals surface area contributed by atoms with Crippen molar-refractivity contribution in [3.05, 3.63) is 0 Å². The van der Waals surface area contributed by atoms with Crippen LogP contribution in [0.15, 0.2) is 0 Å². The second kappa shape index (κ2) is 8.08. The van der Waals surface area contributed by atoms with E-state index in [1.807, 2.05) is 0 Å². The first kappa shape index (κ1) is 12.9. The summed E-state index contributed by atoms with van der Waals surface area (Å²) in [4.78, 5) is 0. The molecule has 1 rings (SSSR count). The molecular weight excluding hydrogens is 190 g/mol. The molecule has 1 aliphatic heterocycles. The van der Waals surface area contributed by atoms with Crippen molar-refractivity contribution in [2.45, 2.75) is 39.2 Å². The summed E-state index contributed by atoms with van der Waals surface area (Å²) in [5, 5.41) is 3.45. The highest BCUT2D eigenvalue weighted by Gasteiger charge is 2.15. The Bertz CT molecular complexity index is 147. The van der Waals surface area contributed by atoms with Gasteiger partial charge in [0.25, 0.3) is 0 Å². The molecule has 0 bridgehead atoms. The summed E-state index contributed by atoms with van der Waals surface area (Å²) >= 11 is 0. The van der Waals surface area contributed by atoms with Crippen molar-refractivity contribution in [3.63, 3.8) is 0 Å². The minimum atomic E-state index is 0.619. The Labute approximate surface area is 93.5 Å². The van der Waals surface area contributed by atoms with Crippen LogP contribution >= 0.6 is 0 Å². The molecule has 0 aromatic carbocycles. The standard InChI is InChI=1S/C12H25NO2/c1-3-4-11(2)13-6-8-15-10-12-5-7-14-9-12/h11-13H,3-10H2,1-2H3. The van der Waals surface area contributed by atoms with Gasteiger partial charge in [-0.05, 0) is 19.8 Å². The number of ether oxygens (including phenoxy) is 2. The molecular formula is C12H25NO2. The van der Waals surface area contributed by atoms with Gasteiger partial charge in [-0.15, -0.1) is 0 Å². The Morgan fingerprint density at radius 2 is 2.40 bits per heavy atom. The van der Waals surface area contributed by atoms with Crippen molar-refractivity contribution in [2.24, 2.45) is 5.92 Å². The Balaban J connectivity index is 1.84. The lowest BCUT2D eigenvalue weighted by molar-refractivity contribution is 0.0902. The average molecular weight is 215 g/mol. The Morgan fingerprint density at radius 1 is 1.53 bits per heavy atom. The Kier molecular flexibility index (Phi) is 6.98. The van der Waals surface area contributed by atoms with Gasteiger partial charge in [-0.2, -0.15) is 0 Å². The summed E-state index contributed by atoms with van der Waals surface area (Å²) in [6, 6.07) is 0.619. The zero-order valence-corrected chi connectivity index (χ0v) is 10.1. The van der Waals surface area contributed by atoms with E-state index >= 15 is 0 Å². The zero-order valence-electron chi connectivity index (χ0n) is 10.1. The van der Waals surface area contributed by atoms with E-state index in [0.717, 1.165) is 33.0 Å². The summed E-state index contributed by atoms with van der Waals surface area (Å²) in [5.41, 5.74) is 0. The largest absolute Gasteiger partial charge is 0.381 e. The fourth-order valence-electron chi connectivity index (χ4n) is 1.88. The van der Waals surface area contributed by atoms with Crippen LogP contribution in [0.25, 0.3) is 0 Å². The third kappa shape index (κ3) is 6.13. The molecule has 0 aromatic heterocycles. The first-order valence-corrected chi connectivity index (χ1v) is 6.21. The van der Waals surface area contributed by atoms with E-state index in [4.69, 9.17) is 9.47 Å². The molecule has 0 radical (unpaired) electrons. The smallest absolute Gasteiger partial charge is 0.0591 e. The van der Waals surface area contributed by atoms with Gasteiger partial charge >= 0.3 is 0 Å². The lowest BCUT2D eigenvalue weighted by Crippen LogP contribution is -2.29. The van der Waals surface area contributed by atoms with Gasteiger partial charge in [0.15, 0.2) is 0 Å². The predicted molar refractivity (Wildman–Crippen MR) is 62.1 cm³/mol. The molecule has 0 saturated carbocycles. The van der Waals surface area contributed by atoms with Gasteiger partial charge < -0.3 is 14.8 Å². The highest BCUT2D eigenvalue weighted by Crippen LogP contribution is 2.11. The molecule has 15 heavy (non-hydrogen) atoms. The van der Waals surface area contributed by atoms with Crippen LogP contribution < -0.4 is 5.32 Å². The van der Waals surface area contributed by atoms with Gasteiger partial charge in [0.1, 0.15) is 0 Å². The van der Waals surface area contributed by atoms with Gasteiger partial charge in [0.05, 0.1) is 19.8 Å². The quantitative estimate of drug-likeness (QED) is 0.626. The first-order chi connectivity index (χ1) is 7.33. The Hall–Kier alpha value is -0.120. The zero-order chi connectivity index (χ0) is 10.9. The molecule has 1 N–H and O–H groups in total. The maximum atomic E-state index is 5.60. The van der Waals surface area contributed by atoms with Crippen molar-refractivity contribution < 1.29 is 9.47 Å². The number of nitrogens with one attached hydrogen (secondary N) is 1. The lowest BCUT2D eigenvalue weighted by Gasteiger charge is -2.13. The molecule has 90 valence electrons. The van der Waals surface area contributed by atoms with Gasteiger partial charge in [0, 0.05) is 25.1 Å². The lowest BCUT2D eigenvalue weighted by atomic mass is 10.1. The van der Waals surface area contributed by atoms with E-state index in [-0.39, 0.29) is 0 Å². The molecule has 0 amide bonds. The molecule has 1 aliphatic rings. The average Bonchev–Trinajstić information content (AvgIpc) is 2.70. The van der Waals surface area contributed by atoms with E-state index in [1.54, 1.807) is 0 Å². The molecule has 3 nitrogen and oxygen atoms in total. The van der Waals surface area contributed by atoms with Crippen molar-refractivity contribution in [3.8, 4) is 0 Å². The summed E-state index contributed by atoms with van der Waals surface area (Å²) in [5.74, 6) is 0.637. The SMILES string of the molecule is CCCC(C)NCCOCC1CCOC1. The molecule has 0 aromatic rings. The second-order valence-corrected chi connectivity index (χ2v) is 4.45. The van der Waals surface area contributed by atoms with Crippen LogP contribution in [0.2, 0.25) is 0 Å². The maximum absolute atomic E-state index is 5.60. The fraction of sp³-hybridized carbons (Fsp3) is 1.00. The third-order valence-electron chi connectivity index (χ3n) is 2.84. The molecule has 3 heteroatoms. The maximum Gasteiger partial charge on any atom is 0.0591 e. The highest BCUT2D eigenvalue weighted by atomic mass is 16.5. The van der Waals surface area contributed by atoms with Crippen LogP contribution in [-0.2, 0) is 9.47 Å². The van der Waals surface area contributed by atoms with Crippen molar-refractivity contribution in [1.29, 1.82) is 0 Å². The van der Waals surface area contributed by atoms with Gasteiger partial charge in [-0.3, -0.25) is 0 Å². The van der Waals surface area contributed by atoms with E-state index in [1.165, 1.54) is 19.3 Å². The van der Waals surface area contributed by atoms with Crippen molar-refractivity contribution in [2.75, 3.05) is 33.0 Å². The van der Waals surface area contributed by atoms with E-state index in [2.05, 4.69) is 19.2 Å². The number of rotatable bonds is 8. The molecule has 1 heterocycles. The molecule has 0 spiro atoms. The fourth-order valence-corrected chi connectivity index (χ4v) is 1.88. The molecule has 1 saturated heterocycles. The van der Waals surface area contributed by atoms with E-state index in [0.29, 0.717) is 12.0 Å². The van der Waals surface area contributed by atoms with E-state index in [9.17, 15) is 0 Å². The summed E-state index contributed by atoms with van der Waals surface area (Å²) < 4.78 is 10.9. The summed E-state index contributed by atoms with van der Waals surface area (Å²) in [7, 11) is 0. The predicted octanol–water partition coefficient (Wildman–Crippen LogP) is 1.82. The van der Waals surface area contributed by atoms with Crippen LogP contribution in [0, 0.1) is 5.92 Å². The minimum absolute atomic E-state index is 0.619. The molecule has 1 fully saturated rings. The van der Waals surface area contributed by atoms with Crippen molar-refractivity contribution >= 4 is 0 Å². The molecule has 0 aliphatic carbocycles. The second-order valence-electron chi connectivity index (χ2n) is 4.45. The van der Waals surface area contributed by atoms with Crippen LogP contribution in [0.1, 0.15) is 33.1 Å². The normalized spacial score (nSPS) is 23.2. The van der Waals surface area contributed by atoms with Gasteiger partial charge in [-0.1, -0.05) is 13.3 Å². The van der Waals surface area contributed by atoms with Gasteiger partial charge in [0.2, 0.25) is 0 Å². The Morgan fingerprint density at radius 3 is 3.07 bits per heavy atom. The summed E-state index contributed by atoms with van der Waals surface area (Å²) in [6.07, 6.45) is 3.66. The third-order valence-corrected chi connectivity index (χ3v) is 2.84. The number of hydrogen-bond acceptors (Lipinski definition) is 3. The highest BCUT2D eigenvalue weighted by molar-refractivity contribution is 4.63. The van der Waals surface area contributed by atoms with Crippen LogP contribution in [-0.4, -0.2) is 39.0 Å². The van der Waals surface area contributed by atoms with Crippen LogP contribution in [0.4, 0.5) is 0 Å². The molecule has 2 atom stereocenters. The number of hydrogen-bond donors (Lipinski definition) is 1. The van der Waals surface area contributed by atoms with Gasteiger partial charge in [-0.25, -0.2) is 0 Å². The topological polar surface area (TPSA) is 30.5 Å². The minimum Gasteiger partial charge on any atom is -0.381 e. The monoisotopic (exact) mass is 215 g/mol. The van der Waals surface area contributed by atoms with Crippen LogP contribution in [0.3, 0.4) is 0 Å². The van der Waals surface area contributed by atoms with Crippen LogP contribution in [0.5, 0.6) is 0 Å². The van der Waals surface area contributed by atoms with Crippen molar-refractivity contribution in [1.82, 2.24) is 5.32 Å². The van der Waals surface area contributed by atoms with E-state index < -0.39 is 0 Å². The first-order valence-electron chi connectivity index (χ1n) is 6.21.